The van der Waals surface area contributed by atoms with Gasteiger partial charge >= 0.3 is 0 Å². The molecule has 2 saturated carbocycles. The number of para-hydroxylation sites is 2. The van der Waals surface area contributed by atoms with Gasteiger partial charge in [-0.05, 0) is 97.1 Å². The Morgan fingerprint density at radius 2 is 1.97 bits per heavy atom. The van der Waals surface area contributed by atoms with Gasteiger partial charge in [0.2, 0.25) is 0 Å². The van der Waals surface area contributed by atoms with Crippen molar-refractivity contribution in [3.63, 3.8) is 0 Å². The summed E-state index contributed by atoms with van der Waals surface area (Å²) in [4.78, 5) is 2.34. The molecule has 1 N–H and O–H groups in total. The lowest BCUT2D eigenvalue weighted by Gasteiger charge is -2.49. The molecule has 2 fully saturated rings. The number of fused-ring (bicyclic) bond motifs is 5. The molecule has 2 aromatic rings. The van der Waals surface area contributed by atoms with Crippen LogP contribution in [0.5, 0.6) is 11.5 Å². The molecule has 0 unspecified atom stereocenters. The van der Waals surface area contributed by atoms with E-state index in [1.165, 1.54) is 44.1 Å². The Morgan fingerprint density at radius 1 is 1.14 bits per heavy atom. The molecule has 154 valence electrons. The highest BCUT2D eigenvalue weighted by Crippen LogP contribution is 2.61. The summed E-state index contributed by atoms with van der Waals surface area (Å²) in [6, 6.07) is 15.0. The molecule has 3 nitrogen and oxygen atoms in total. The van der Waals surface area contributed by atoms with Gasteiger partial charge < -0.3 is 14.7 Å². The Bertz CT molecular complexity index is 909. The number of anilines is 1. The van der Waals surface area contributed by atoms with Gasteiger partial charge in [-0.1, -0.05) is 25.1 Å². The maximum atomic E-state index is 10.4. The van der Waals surface area contributed by atoms with Gasteiger partial charge in [-0.3, -0.25) is 0 Å². The van der Waals surface area contributed by atoms with E-state index in [0.717, 1.165) is 23.3 Å². The number of rotatable bonds is 3. The third-order valence-corrected chi connectivity index (χ3v) is 8.49. The van der Waals surface area contributed by atoms with Crippen LogP contribution in [0.15, 0.2) is 42.5 Å². The molecule has 0 aliphatic heterocycles. The fourth-order valence-electron chi connectivity index (χ4n) is 6.96. The van der Waals surface area contributed by atoms with Crippen LogP contribution >= 0.6 is 0 Å². The van der Waals surface area contributed by atoms with Gasteiger partial charge in [0, 0.05) is 13.1 Å². The molecule has 3 heteroatoms. The SMILES string of the molecule is COc1ccc2c(c1)CC[C@@H]1[C@@H]2CC[C@]2(C)C[C@@H](N(C)c3ccccc3O)C[C@@H]12. The molecule has 0 bridgehead atoms. The number of hydrogen-bond donors (Lipinski definition) is 1. The van der Waals surface area contributed by atoms with Crippen LogP contribution in [-0.2, 0) is 6.42 Å². The van der Waals surface area contributed by atoms with E-state index in [0.29, 0.717) is 23.1 Å². The van der Waals surface area contributed by atoms with Crippen LogP contribution in [0.4, 0.5) is 5.69 Å². The van der Waals surface area contributed by atoms with Crippen molar-refractivity contribution in [2.45, 2.75) is 57.4 Å². The zero-order valence-electron chi connectivity index (χ0n) is 17.9. The van der Waals surface area contributed by atoms with Gasteiger partial charge in [0.1, 0.15) is 11.5 Å². The summed E-state index contributed by atoms with van der Waals surface area (Å²) < 4.78 is 5.47. The average Bonchev–Trinajstić information content (AvgIpc) is 3.10. The molecule has 3 aliphatic rings. The van der Waals surface area contributed by atoms with Crippen molar-refractivity contribution in [2.24, 2.45) is 17.3 Å². The standard InChI is InChI=1S/C26H33NO2/c1-26-13-12-21-20-11-9-19(29-3)14-17(20)8-10-22(21)23(26)15-18(16-26)27(2)24-6-4-5-7-25(24)28/h4-7,9,11,14,18,21-23,28H,8,10,12-13,15-16H2,1-3H3/t18-,21+,22+,23-,26+/m0/s1. The highest BCUT2D eigenvalue weighted by molar-refractivity contribution is 5.58. The van der Waals surface area contributed by atoms with Crippen molar-refractivity contribution in [1.82, 2.24) is 0 Å². The Kier molecular flexibility index (Phi) is 4.53. The third kappa shape index (κ3) is 3.01. The highest BCUT2D eigenvalue weighted by Gasteiger charge is 2.53. The topological polar surface area (TPSA) is 32.7 Å². The molecule has 0 amide bonds. The zero-order chi connectivity index (χ0) is 20.2. The van der Waals surface area contributed by atoms with E-state index in [9.17, 15) is 5.11 Å². The molecule has 5 rings (SSSR count). The monoisotopic (exact) mass is 391 g/mol. The molecule has 0 saturated heterocycles. The Balaban J connectivity index is 1.41. The Morgan fingerprint density at radius 3 is 2.76 bits per heavy atom. The van der Waals surface area contributed by atoms with Crippen LogP contribution in [0.1, 0.15) is 56.1 Å². The third-order valence-electron chi connectivity index (χ3n) is 8.49. The predicted molar refractivity (Wildman–Crippen MR) is 118 cm³/mol. The van der Waals surface area contributed by atoms with Crippen molar-refractivity contribution >= 4 is 5.69 Å². The minimum absolute atomic E-state index is 0.397. The van der Waals surface area contributed by atoms with E-state index in [1.54, 1.807) is 18.7 Å². The highest BCUT2D eigenvalue weighted by atomic mass is 16.5. The molecule has 0 radical (unpaired) electrons. The van der Waals surface area contributed by atoms with Gasteiger partial charge in [0.25, 0.3) is 0 Å². The first-order valence-electron chi connectivity index (χ1n) is 11.2. The number of benzene rings is 2. The van der Waals surface area contributed by atoms with Gasteiger partial charge in [0.15, 0.2) is 0 Å². The summed E-state index contributed by atoms with van der Waals surface area (Å²) in [7, 11) is 3.93. The number of aryl methyl sites for hydroxylation is 1. The lowest BCUT2D eigenvalue weighted by Crippen LogP contribution is -2.39. The summed E-state index contributed by atoms with van der Waals surface area (Å²) in [6.45, 7) is 2.54. The van der Waals surface area contributed by atoms with Crippen LogP contribution < -0.4 is 9.64 Å². The molecular formula is C26H33NO2. The number of methoxy groups -OCH3 is 1. The summed E-state index contributed by atoms with van der Waals surface area (Å²) in [5.74, 6) is 3.66. The van der Waals surface area contributed by atoms with Crippen molar-refractivity contribution in [3.8, 4) is 11.5 Å². The maximum Gasteiger partial charge on any atom is 0.138 e. The second-order valence-corrected chi connectivity index (χ2v) is 9.87. The summed E-state index contributed by atoms with van der Waals surface area (Å²) in [6.07, 6.45) is 7.59. The number of phenols is 1. The van der Waals surface area contributed by atoms with Crippen LogP contribution in [-0.4, -0.2) is 25.3 Å². The molecule has 0 spiro atoms. The van der Waals surface area contributed by atoms with Gasteiger partial charge in [-0.2, -0.15) is 0 Å². The first-order chi connectivity index (χ1) is 14.0. The predicted octanol–water partition coefficient (Wildman–Crippen LogP) is 5.76. The van der Waals surface area contributed by atoms with E-state index in [2.05, 4.69) is 37.1 Å². The fraction of sp³-hybridized carbons (Fsp3) is 0.538. The van der Waals surface area contributed by atoms with Crippen LogP contribution in [0.25, 0.3) is 0 Å². The summed E-state index contributed by atoms with van der Waals surface area (Å²) in [5.41, 5.74) is 4.49. The lowest BCUT2D eigenvalue weighted by atomic mass is 9.56. The second kappa shape index (κ2) is 6.97. The van der Waals surface area contributed by atoms with Crippen LogP contribution in [0, 0.1) is 17.3 Å². The van der Waals surface area contributed by atoms with E-state index in [-0.39, 0.29) is 0 Å². The molecule has 0 heterocycles. The summed E-state index contributed by atoms with van der Waals surface area (Å²) >= 11 is 0. The van der Waals surface area contributed by atoms with Gasteiger partial charge in [0.05, 0.1) is 12.8 Å². The molecule has 0 aromatic heterocycles. The first-order valence-corrected chi connectivity index (χ1v) is 11.2. The minimum Gasteiger partial charge on any atom is -0.506 e. The minimum atomic E-state index is 0.397. The number of phenolic OH excluding ortho intramolecular Hbond substituents is 1. The zero-order valence-corrected chi connectivity index (χ0v) is 17.9. The number of nitrogens with zero attached hydrogens (tertiary/aromatic N) is 1. The molecule has 2 aromatic carbocycles. The van der Waals surface area contributed by atoms with E-state index in [4.69, 9.17) is 4.74 Å². The van der Waals surface area contributed by atoms with E-state index >= 15 is 0 Å². The normalized spacial score (nSPS) is 32.8. The van der Waals surface area contributed by atoms with Crippen molar-refractivity contribution in [2.75, 3.05) is 19.1 Å². The van der Waals surface area contributed by atoms with Crippen LogP contribution in [0.3, 0.4) is 0 Å². The Hall–Kier alpha value is -2.16. The smallest absolute Gasteiger partial charge is 0.138 e. The van der Waals surface area contributed by atoms with Crippen LogP contribution in [0.2, 0.25) is 0 Å². The lowest BCUT2D eigenvalue weighted by molar-refractivity contribution is 0.0598. The largest absolute Gasteiger partial charge is 0.506 e. The number of hydrogen-bond acceptors (Lipinski definition) is 3. The number of ether oxygens (including phenoxy) is 1. The van der Waals surface area contributed by atoms with Gasteiger partial charge in [-0.25, -0.2) is 0 Å². The summed E-state index contributed by atoms with van der Waals surface area (Å²) in [5, 5.41) is 10.4. The van der Waals surface area contributed by atoms with Gasteiger partial charge in [-0.15, -0.1) is 0 Å². The van der Waals surface area contributed by atoms with Crippen molar-refractivity contribution in [1.29, 1.82) is 0 Å². The quantitative estimate of drug-likeness (QED) is 0.722. The maximum absolute atomic E-state index is 10.4. The first kappa shape index (κ1) is 18.8. The molecule has 3 aliphatic carbocycles. The van der Waals surface area contributed by atoms with Crippen molar-refractivity contribution < 1.29 is 9.84 Å². The van der Waals surface area contributed by atoms with E-state index in [1.807, 2.05) is 18.2 Å². The number of aromatic hydroxyl groups is 1. The van der Waals surface area contributed by atoms with E-state index < -0.39 is 0 Å². The molecule has 29 heavy (non-hydrogen) atoms. The Labute approximate surface area is 174 Å². The fourth-order valence-corrected chi connectivity index (χ4v) is 6.96. The molecular weight excluding hydrogens is 358 g/mol. The van der Waals surface area contributed by atoms with Crippen molar-refractivity contribution in [3.05, 3.63) is 53.6 Å². The molecule has 5 atom stereocenters. The second-order valence-electron chi connectivity index (χ2n) is 9.87. The average molecular weight is 392 g/mol.